The maximum atomic E-state index is 8.98. The highest BCUT2D eigenvalue weighted by atomic mass is 16.3. The summed E-state index contributed by atoms with van der Waals surface area (Å²) in [6, 6.07) is 2.54. The van der Waals surface area contributed by atoms with E-state index in [0.717, 1.165) is 37.3 Å². The summed E-state index contributed by atoms with van der Waals surface area (Å²) in [5.41, 5.74) is 0.371. The normalized spacial score (nSPS) is 18.4. The van der Waals surface area contributed by atoms with Gasteiger partial charge < -0.3 is 9.73 Å². The van der Waals surface area contributed by atoms with Crippen LogP contribution in [-0.4, -0.2) is 22.8 Å². The molecule has 106 valence electrons. The van der Waals surface area contributed by atoms with Crippen LogP contribution in [-0.2, 0) is 6.42 Å². The zero-order valence-electron chi connectivity index (χ0n) is 12.0. The highest BCUT2D eigenvalue weighted by molar-refractivity contribution is 5.79. The average Bonchev–Trinajstić information content (AvgIpc) is 2.94. The van der Waals surface area contributed by atoms with Crippen LogP contribution >= 0.6 is 0 Å². The second kappa shape index (κ2) is 6.38. The Hall–Kier alpha value is -2.09. The number of aromatic nitrogens is 1. The quantitative estimate of drug-likeness (QED) is 0.863. The zero-order valence-corrected chi connectivity index (χ0v) is 12.0. The van der Waals surface area contributed by atoms with E-state index in [0.29, 0.717) is 6.04 Å². The molecule has 2 rings (SSSR count). The van der Waals surface area contributed by atoms with Crippen molar-refractivity contribution in [1.29, 1.82) is 5.26 Å². The minimum absolute atomic E-state index is 0.320. The molecule has 1 aromatic heterocycles. The molecule has 1 aromatic rings. The third-order valence-electron chi connectivity index (χ3n) is 3.18. The molecule has 1 aliphatic rings. The van der Waals surface area contributed by atoms with Crippen LogP contribution in [0.5, 0.6) is 0 Å². The Kier molecular flexibility index (Phi) is 4.57. The van der Waals surface area contributed by atoms with Crippen molar-refractivity contribution in [2.24, 2.45) is 4.99 Å². The molecule has 0 aliphatic carbocycles. The van der Waals surface area contributed by atoms with Gasteiger partial charge in [0.2, 0.25) is 0 Å². The lowest BCUT2D eigenvalue weighted by atomic mass is 10.0. The first-order chi connectivity index (χ1) is 9.59. The van der Waals surface area contributed by atoms with Gasteiger partial charge in [-0.25, -0.2) is 4.98 Å². The first kappa shape index (κ1) is 14.3. The van der Waals surface area contributed by atoms with E-state index in [1.165, 1.54) is 0 Å². The van der Waals surface area contributed by atoms with Crippen molar-refractivity contribution in [3.05, 3.63) is 30.1 Å². The van der Waals surface area contributed by atoms with Gasteiger partial charge in [0, 0.05) is 18.3 Å². The summed E-state index contributed by atoms with van der Waals surface area (Å²) < 4.78 is 5.21. The fourth-order valence-electron chi connectivity index (χ4n) is 2.09. The van der Waals surface area contributed by atoms with Gasteiger partial charge in [0.15, 0.2) is 5.89 Å². The minimum atomic E-state index is -0.560. The highest BCUT2D eigenvalue weighted by Crippen LogP contribution is 2.15. The summed E-state index contributed by atoms with van der Waals surface area (Å²) in [6.45, 7) is 3.70. The number of nitrogens with one attached hydrogen (secondary N) is 1. The van der Waals surface area contributed by atoms with Gasteiger partial charge in [-0.3, -0.25) is 4.99 Å². The van der Waals surface area contributed by atoms with Gasteiger partial charge in [-0.15, -0.1) is 0 Å². The first-order valence-electron chi connectivity index (χ1n) is 6.90. The van der Waals surface area contributed by atoms with Crippen LogP contribution in [0.1, 0.15) is 39.0 Å². The summed E-state index contributed by atoms with van der Waals surface area (Å²) in [7, 11) is 0. The molecule has 0 saturated heterocycles. The lowest BCUT2D eigenvalue weighted by Crippen LogP contribution is -2.38. The maximum absolute atomic E-state index is 8.98. The van der Waals surface area contributed by atoms with Gasteiger partial charge in [0.25, 0.3) is 0 Å². The summed E-state index contributed by atoms with van der Waals surface area (Å²) in [6.07, 6.45) is 11.0. The van der Waals surface area contributed by atoms with Gasteiger partial charge in [-0.2, -0.15) is 5.26 Å². The van der Waals surface area contributed by atoms with E-state index >= 15 is 0 Å². The smallest absolute Gasteiger partial charge is 0.193 e. The molecule has 2 heterocycles. The van der Waals surface area contributed by atoms with E-state index in [4.69, 9.17) is 9.68 Å². The molecule has 5 nitrogen and oxygen atoms in total. The number of dihydropyridines is 1. The van der Waals surface area contributed by atoms with Gasteiger partial charge in [0.05, 0.1) is 18.3 Å². The fourth-order valence-corrected chi connectivity index (χ4v) is 2.09. The van der Waals surface area contributed by atoms with Crippen molar-refractivity contribution >= 4 is 6.21 Å². The van der Waals surface area contributed by atoms with Crippen LogP contribution in [0.4, 0.5) is 0 Å². The number of aliphatic imine (C=N–C) groups is 1. The Labute approximate surface area is 119 Å². The second-order valence-corrected chi connectivity index (χ2v) is 5.51. The minimum Gasteiger partial charge on any atom is -0.449 e. The summed E-state index contributed by atoms with van der Waals surface area (Å²) in [4.78, 5) is 8.63. The van der Waals surface area contributed by atoms with Crippen molar-refractivity contribution in [1.82, 2.24) is 10.3 Å². The Morgan fingerprint density at radius 3 is 3.00 bits per heavy atom. The molecule has 0 amide bonds. The molecule has 1 atom stereocenters. The zero-order chi connectivity index (χ0) is 14.4. The van der Waals surface area contributed by atoms with Crippen molar-refractivity contribution < 1.29 is 4.42 Å². The number of oxazole rings is 1. The van der Waals surface area contributed by atoms with Crippen LogP contribution in [0.15, 0.2) is 33.6 Å². The maximum Gasteiger partial charge on any atom is 0.193 e. The molecule has 1 unspecified atom stereocenters. The van der Waals surface area contributed by atoms with Crippen LogP contribution < -0.4 is 5.32 Å². The number of hydrogen-bond donors (Lipinski definition) is 1. The first-order valence-corrected chi connectivity index (χ1v) is 6.90. The Morgan fingerprint density at radius 2 is 2.40 bits per heavy atom. The molecule has 0 spiro atoms. The van der Waals surface area contributed by atoms with E-state index in [1.807, 2.05) is 20.1 Å². The molecule has 1 N–H and O–H groups in total. The predicted molar refractivity (Wildman–Crippen MR) is 77.2 cm³/mol. The second-order valence-electron chi connectivity index (χ2n) is 5.51. The molecule has 0 saturated carbocycles. The molecule has 5 heteroatoms. The van der Waals surface area contributed by atoms with Crippen LogP contribution in [0, 0.1) is 11.3 Å². The number of nitriles is 1. The molecule has 1 aliphatic heterocycles. The molecule has 0 bridgehead atoms. The van der Waals surface area contributed by atoms with Gasteiger partial charge in [-0.1, -0.05) is 6.08 Å². The van der Waals surface area contributed by atoms with Gasteiger partial charge in [-0.05, 0) is 33.1 Å². The number of allylic oxidation sites excluding steroid dienone is 1. The molecule has 0 aromatic carbocycles. The number of rotatable bonds is 6. The van der Waals surface area contributed by atoms with Crippen molar-refractivity contribution in [2.75, 3.05) is 0 Å². The van der Waals surface area contributed by atoms with E-state index in [2.05, 4.69) is 27.4 Å². The number of aryl methyl sites for hydroxylation is 1. The number of hydrogen-bond acceptors (Lipinski definition) is 5. The Morgan fingerprint density at radius 1 is 1.55 bits per heavy atom. The lowest BCUT2D eigenvalue weighted by molar-refractivity contribution is 0.472. The van der Waals surface area contributed by atoms with E-state index < -0.39 is 5.54 Å². The molecule has 0 fully saturated rings. The standard InChI is InChI=1S/C15H20N4O/c1-15(2,11-16)19-13-7-6-12(18-10-13)4-3-5-14-17-8-9-20-14/h7-10,12,19H,3-6H2,1-2H3. The van der Waals surface area contributed by atoms with E-state index in [1.54, 1.807) is 12.5 Å². The Bertz CT molecular complexity index is 523. The summed E-state index contributed by atoms with van der Waals surface area (Å²) in [5, 5.41) is 12.2. The average molecular weight is 272 g/mol. The lowest BCUT2D eigenvalue weighted by Gasteiger charge is -2.22. The van der Waals surface area contributed by atoms with Crippen LogP contribution in [0.3, 0.4) is 0 Å². The van der Waals surface area contributed by atoms with Crippen molar-refractivity contribution in [2.45, 2.75) is 51.1 Å². The number of nitrogens with zero attached hydrogens (tertiary/aromatic N) is 3. The molecule has 20 heavy (non-hydrogen) atoms. The Balaban J connectivity index is 1.73. The monoisotopic (exact) mass is 272 g/mol. The molecular formula is C15H20N4O. The van der Waals surface area contributed by atoms with Crippen molar-refractivity contribution in [3.63, 3.8) is 0 Å². The third-order valence-corrected chi connectivity index (χ3v) is 3.18. The topological polar surface area (TPSA) is 74.2 Å². The summed E-state index contributed by atoms with van der Waals surface area (Å²) >= 11 is 0. The SMILES string of the molecule is CC(C)(C#N)NC1=CCC(CCCc2ncco2)N=C1. The molecular weight excluding hydrogens is 252 g/mol. The van der Waals surface area contributed by atoms with Crippen molar-refractivity contribution in [3.8, 4) is 6.07 Å². The van der Waals surface area contributed by atoms with Crippen LogP contribution in [0.25, 0.3) is 0 Å². The van der Waals surface area contributed by atoms with E-state index in [-0.39, 0.29) is 0 Å². The fraction of sp³-hybridized carbons (Fsp3) is 0.533. The van der Waals surface area contributed by atoms with Gasteiger partial charge >= 0.3 is 0 Å². The predicted octanol–water partition coefficient (Wildman–Crippen LogP) is 2.62. The highest BCUT2D eigenvalue weighted by Gasteiger charge is 2.18. The largest absolute Gasteiger partial charge is 0.449 e. The summed E-state index contributed by atoms with van der Waals surface area (Å²) in [5.74, 6) is 0.790. The third kappa shape index (κ3) is 4.23. The molecule has 0 radical (unpaired) electrons. The van der Waals surface area contributed by atoms with Crippen LogP contribution in [0.2, 0.25) is 0 Å². The van der Waals surface area contributed by atoms with Gasteiger partial charge in [0.1, 0.15) is 11.8 Å². The van der Waals surface area contributed by atoms with E-state index in [9.17, 15) is 0 Å².